The van der Waals surface area contributed by atoms with Crippen LogP contribution in [0.25, 0.3) is 0 Å². The second-order valence-electron chi connectivity index (χ2n) is 7.24. The number of hydrogen-bond acceptors (Lipinski definition) is 4. The fourth-order valence-corrected chi connectivity index (χ4v) is 4.40. The summed E-state index contributed by atoms with van der Waals surface area (Å²) in [6.07, 6.45) is 4.42. The molecule has 0 spiro atoms. The van der Waals surface area contributed by atoms with Gasteiger partial charge in [-0.05, 0) is 68.3 Å². The molecule has 1 fully saturated rings. The summed E-state index contributed by atoms with van der Waals surface area (Å²) in [6, 6.07) is 10.9. The molecule has 0 aliphatic carbocycles. The van der Waals surface area contributed by atoms with E-state index in [4.69, 9.17) is 0 Å². The van der Waals surface area contributed by atoms with Crippen LogP contribution in [0.3, 0.4) is 0 Å². The molecule has 1 amide bonds. The fraction of sp³-hybridized carbons (Fsp3) is 0.381. The molecule has 2 aromatic rings. The summed E-state index contributed by atoms with van der Waals surface area (Å²) in [5.41, 5.74) is 1.11. The quantitative estimate of drug-likeness (QED) is 0.746. The zero-order valence-electron chi connectivity index (χ0n) is 16.4. The number of nitrogens with one attached hydrogen (secondary N) is 2. The number of sulfonamides is 1. The number of halogens is 1. The Hall–Kier alpha value is -2.61. The molecule has 0 radical (unpaired) electrons. The van der Waals surface area contributed by atoms with Gasteiger partial charge in [-0.1, -0.05) is 12.8 Å². The highest BCUT2D eigenvalue weighted by molar-refractivity contribution is 7.92. The van der Waals surface area contributed by atoms with Crippen molar-refractivity contribution in [1.82, 2.24) is 4.90 Å². The standard InChI is InChI=1S/C21H26FN3O3S/c1-16(21(26)25-14-4-2-3-5-15-25)23-18-8-10-19(11-9-18)24-29(27,28)20-12-6-17(22)7-13-20/h6-13,16,23-24H,2-5,14-15H2,1H3. The van der Waals surface area contributed by atoms with Crippen molar-refractivity contribution in [3.05, 3.63) is 54.3 Å². The third-order valence-electron chi connectivity index (χ3n) is 4.93. The number of hydrogen-bond donors (Lipinski definition) is 2. The highest BCUT2D eigenvalue weighted by atomic mass is 32.2. The van der Waals surface area contributed by atoms with Crippen molar-refractivity contribution in [2.75, 3.05) is 23.1 Å². The Balaban J connectivity index is 1.60. The molecule has 2 aromatic carbocycles. The van der Waals surface area contributed by atoms with Crippen LogP contribution in [-0.4, -0.2) is 38.4 Å². The molecule has 0 aromatic heterocycles. The number of likely N-dealkylation sites (tertiary alicyclic amines) is 1. The van der Waals surface area contributed by atoms with Crippen molar-refractivity contribution in [3.8, 4) is 0 Å². The average molecular weight is 420 g/mol. The minimum atomic E-state index is -3.80. The number of amides is 1. The van der Waals surface area contributed by atoms with Crippen LogP contribution in [0.1, 0.15) is 32.6 Å². The third-order valence-corrected chi connectivity index (χ3v) is 6.33. The van der Waals surface area contributed by atoms with Gasteiger partial charge in [0.05, 0.1) is 4.90 Å². The molecule has 29 heavy (non-hydrogen) atoms. The van der Waals surface area contributed by atoms with Crippen LogP contribution in [0.2, 0.25) is 0 Å². The zero-order valence-corrected chi connectivity index (χ0v) is 17.2. The SMILES string of the molecule is CC(Nc1ccc(NS(=O)(=O)c2ccc(F)cc2)cc1)C(=O)N1CCCCCC1. The molecule has 2 N–H and O–H groups in total. The monoisotopic (exact) mass is 419 g/mol. The molecule has 0 saturated carbocycles. The van der Waals surface area contributed by atoms with E-state index in [1.807, 2.05) is 11.8 Å². The first-order chi connectivity index (χ1) is 13.8. The Morgan fingerprint density at radius 1 is 0.931 bits per heavy atom. The smallest absolute Gasteiger partial charge is 0.261 e. The van der Waals surface area contributed by atoms with Crippen molar-refractivity contribution >= 4 is 27.3 Å². The van der Waals surface area contributed by atoms with Crippen LogP contribution in [0.15, 0.2) is 53.4 Å². The maximum Gasteiger partial charge on any atom is 0.261 e. The van der Waals surface area contributed by atoms with Gasteiger partial charge in [-0.15, -0.1) is 0 Å². The highest BCUT2D eigenvalue weighted by Crippen LogP contribution is 2.20. The second-order valence-corrected chi connectivity index (χ2v) is 8.92. The summed E-state index contributed by atoms with van der Waals surface area (Å²) >= 11 is 0. The largest absolute Gasteiger partial charge is 0.374 e. The van der Waals surface area contributed by atoms with Crippen molar-refractivity contribution in [1.29, 1.82) is 0 Å². The van der Waals surface area contributed by atoms with Gasteiger partial charge in [0.1, 0.15) is 11.9 Å². The molecule has 3 rings (SSSR count). The molecule has 1 aliphatic rings. The maximum absolute atomic E-state index is 13.0. The molecule has 6 nitrogen and oxygen atoms in total. The first-order valence-electron chi connectivity index (χ1n) is 9.79. The van der Waals surface area contributed by atoms with Gasteiger partial charge in [0.2, 0.25) is 5.91 Å². The lowest BCUT2D eigenvalue weighted by atomic mass is 10.2. The van der Waals surface area contributed by atoms with Crippen molar-refractivity contribution in [2.45, 2.75) is 43.5 Å². The molecule has 1 heterocycles. The zero-order chi connectivity index (χ0) is 20.9. The summed E-state index contributed by atoms with van der Waals surface area (Å²) in [4.78, 5) is 14.5. The summed E-state index contributed by atoms with van der Waals surface area (Å²) < 4.78 is 40.2. The van der Waals surface area contributed by atoms with E-state index < -0.39 is 15.8 Å². The maximum atomic E-state index is 13.0. The third kappa shape index (κ3) is 5.69. The summed E-state index contributed by atoms with van der Waals surface area (Å²) in [5.74, 6) is -0.420. The average Bonchev–Trinajstić information content (AvgIpc) is 2.98. The Kier molecular flexibility index (Phi) is 6.74. The molecule has 8 heteroatoms. The van der Waals surface area contributed by atoms with Crippen LogP contribution in [0.4, 0.5) is 15.8 Å². The second kappa shape index (κ2) is 9.26. The van der Waals surface area contributed by atoms with Gasteiger partial charge in [-0.3, -0.25) is 9.52 Å². The van der Waals surface area contributed by atoms with E-state index in [-0.39, 0.29) is 16.8 Å². The van der Waals surface area contributed by atoms with Crippen molar-refractivity contribution in [2.24, 2.45) is 0 Å². The van der Waals surface area contributed by atoms with Gasteiger partial charge >= 0.3 is 0 Å². The van der Waals surface area contributed by atoms with Crippen molar-refractivity contribution < 1.29 is 17.6 Å². The lowest BCUT2D eigenvalue weighted by molar-refractivity contribution is -0.131. The first-order valence-corrected chi connectivity index (χ1v) is 11.3. The minimum Gasteiger partial charge on any atom is -0.374 e. The van der Waals surface area contributed by atoms with Gasteiger partial charge < -0.3 is 10.2 Å². The summed E-state index contributed by atoms with van der Waals surface area (Å²) in [6.45, 7) is 3.43. The number of nitrogens with zero attached hydrogens (tertiary/aromatic N) is 1. The number of benzene rings is 2. The Morgan fingerprint density at radius 3 is 2.07 bits per heavy atom. The molecular formula is C21H26FN3O3S. The number of carbonyl (C=O) groups excluding carboxylic acids is 1. The minimum absolute atomic E-state index is 0.0160. The molecule has 1 aliphatic heterocycles. The highest BCUT2D eigenvalue weighted by Gasteiger charge is 2.21. The predicted molar refractivity (Wildman–Crippen MR) is 112 cm³/mol. The van der Waals surface area contributed by atoms with Crippen LogP contribution in [0, 0.1) is 5.82 Å². The van der Waals surface area contributed by atoms with Gasteiger partial charge in [0, 0.05) is 24.5 Å². The molecule has 156 valence electrons. The summed E-state index contributed by atoms with van der Waals surface area (Å²) in [5, 5.41) is 3.18. The molecule has 0 bridgehead atoms. The van der Waals surface area contributed by atoms with Crippen LogP contribution < -0.4 is 10.0 Å². The van der Waals surface area contributed by atoms with Gasteiger partial charge in [-0.2, -0.15) is 0 Å². The van der Waals surface area contributed by atoms with Gasteiger partial charge in [-0.25, -0.2) is 12.8 Å². The van der Waals surface area contributed by atoms with Gasteiger partial charge in [0.15, 0.2) is 0 Å². The Morgan fingerprint density at radius 2 is 1.48 bits per heavy atom. The van der Waals surface area contributed by atoms with E-state index in [2.05, 4.69) is 10.0 Å². The van der Waals surface area contributed by atoms with Gasteiger partial charge in [0.25, 0.3) is 10.0 Å². The first kappa shape index (κ1) is 21.1. The Bertz CT molecular complexity index is 923. The fourth-order valence-electron chi connectivity index (χ4n) is 3.34. The van der Waals surface area contributed by atoms with E-state index >= 15 is 0 Å². The number of rotatable bonds is 6. The molecule has 1 unspecified atom stereocenters. The molecule has 1 saturated heterocycles. The predicted octanol–water partition coefficient (Wildman–Crippen LogP) is 3.83. The summed E-state index contributed by atoms with van der Waals surface area (Å²) in [7, 11) is -3.80. The van der Waals surface area contributed by atoms with E-state index in [9.17, 15) is 17.6 Å². The van der Waals surface area contributed by atoms with E-state index in [1.165, 1.54) is 25.0 Å². The van der Waals surface area contributed by atoms with E-state index in [0.717, 1.165) is 43.8 Å². The van der Waals surface area contributed by atoms with E-state index in [1.54, 1.807) is 24.3 Å². The Labute approximate surface area is 171 Å². The normalized spacial score (nSPS) is 16.0. The lowest BCUT2D eigenvalue weighted by Gasteiger charge is -2.25. The van der Waals surface area contributed by atoms with Crippen LogP contribution in [0.5, 0.6) is 0 Å². The lowest BCUT2D eigenvalue weighted by Crippen LogP contribution is -2.41. The van der Waals surface area contributed by atoms with Crippen LogP contribution in [-0.2, 0) is 14.8 Å². The number of carbonyl (C=O) groups is 1. The molecule has 1 atom stereocenters. The topological polar surface area (TPSA) is 78.5 Å². The van der Waals surface area contributed by atoms with Crippen molar-refractivity contribution in [3.63, 3.8) is 0 Å². The van der Waals surface area contributed by atoms with E-state index in [0.29, 0.717) is 5.69 Å². The molecular weight excluding hydrogens is 393 g/mol. The number of anilines is 2. The van der Waals surface area contributed by atoms with Crippen LogP contribution >= 0.6 is 0 Å².